The Hall–Kier alpha value is -1.19. The third kappa shape index (κ3) is 8.51. The minimum absolute atomic E-state index is 0.187. The molecule has 0 rings (SSSR count). The molecule has 0 heterocycles. The van der Waals surface area contributed by atoms with Crippen LogP contribution >= 0.6 is 0 Å². The van der Waals surface area contributed by atoms with Crippen molar-refractivity contribution >= 4 is 22.1 Å². The lowest BCUT2D eigenvalue weighted by molar-refractivity contribution is -0.142. The largest absolute Gasteiger partial charge is 0.480 e. The summed E-state index contributed by atoms with van der Waals surface area (Å²) in [6.45, 7) is 4.86. The second-order valence-electron chi connectivity index (χ2n) is 4.98. The summed E-state index contributed by atoms with van der Waals surface area (Å²) >= 11 is 0. The van der Waals surface area contributed by atoms with E-state index in [1.54, 1.807) is 20.8 Å². The van der Waals surface area contributed by atoms with Gasteiger partial charge in [-0.15, -0.1) is 0 Å². The van der Waals surface area contributed by atoms with Gasteiger partial charge in [-0.3, -0.25) is 9.59 Å². The second kappa shape index (κ2) is 6.83. The Morgan fingerprint density at radius 2 is 1.84 bits per heavy atom. The summed E-state index contributed by atoms with van der Waals surface area (Å²) in [5, 5.41) is 8.91. The molecule has 0 aliphatic rings. The molecule has 9 heteroatoms. The standard InChI is InChI=1S/C10H20N2O6S/c1-10(2,3)12-19(16,17)11-7(9(14)15)5-6-8(13)18-4/h7,11-12H,5-6H2,1-4H3,(H,14,15). The molecule has 0 aliphatic carbocycles. The molecule has 0 saturated carbocycles. The lowest BCUT2D eigenvalue weighted by Gasteiger charge is -2.22. The molecular weight excluding hydrogens is 276 g/mol. The van der Waals surface area contributed by atoms with Crippen LogP contribution in [0.1, 0.15) is 33.6 Å². The zero-order valence-corrected chi connectivity index (χ0v) is 12.2. The average Bonchev–Trinajstić information content (AvgIpc) is 2.19. The minimum Gasteiger partial charge on any atom is -0.480 e. The van der Waals surface area contributed by atoms with Crippen molar-refractivity contribution in [1.29, 1.82) is 0 Å². The summed E-state index contributed by atoms with van der Waals surface area (Å²) in [7, 11) is -2.80. The Kier molecular flexibility index (Phi) is 6.40. The molecule has 19 heavy (non-hydrogen) atoms. The molecule has 0 spiro atoms. The quantitative estimate of drug-likeness (QED) is 0.550. The topological polar surface area (TPSA) is 122 Å². The lowest BCUT2D eigenvalue weighted by Crippen LogP contribution is -2.51. The van der Waals surface area contributed by atoms with Gasteiger partial charge in [0.2, 0.25) is 0 Å². The number of aliphatic carboxylic acids is 1. The molecule has 112 valence electrons. The molecular formula is C10H20N2O6S. The van der Waals surface area contributed by atoms with Crippen LogP contribution in [0.25, 0.3) is 0 Å². The van der Waals surface area contributed by atoms with Gasteiger partial charge in [0, 0.05) is 12.0 Å². The van der Waals surface area contributed by atoms with Gasteiger partial charge >= 0.3 is 11.9 Å². The second-order valence-corrected chi connectivity index (χ2v) is 6.43. The summed E-state index contributed by atoms with van der Waals surface area (Å²) in [4.78, 5) is 21.9. The Morgan fingerprint density at radius 3 is 2.21 bits per heavy atom. The van der Waals surface area contributed by atoms with E-state index in [0.29, 0.717) is 0 Å². The van der Waals surface area contributed by atoms with Crippen LogP contribution in [0.15, 0.2) is 0 Å². The van der Waals surface area contributed by atoms with E-state index in [2.05, 4.69) is 9.46 Å². The number of methoxy groups -OCH3 is 1. The van der Waals surface area contributed by atoms with Gasteiger partial charge in [-0.2, -0.15) is 17.9 Å². The monoisotopic (exact) mass is 296 g/mol. The fourth-order valence-electron chi connectivity index (χ4n) is 1.22. The van der Waals surface area contributed by atoms with Gasteiger partial charge < -0.3 is 9.84 Å². The number of carbonyl (C=O) groups excluding carboxylic acids is 1. The van der Waals surface area contributed by atoms with Crippen LogP contribution in [-0.4, -0.2) is 44.2 Å². The summed E-state index contributed by atoms with van der Waals surface area (Å²) < 4.78 is 32.0. The van der Waals surface area contributed by atoms with Crippen molar-refractivity contribution in [2.75, 3.05) is 7.11 Å². The normalized spacial score (nSPS) is 13.9. The molecule has 0 saturated heterocycles. The number of ether oxygens (including phenoxy) is 1. The molecule has 0 radical (unpaired) electrons. The lowest BCUT2D eigenvalue weighted by atomic mass is 10.1. The molecule has 0 aromatic rings. The number of esters is 1. The highest BCUT2D eigenvalue weighted by Gasteiger charge is 2.27. The van der Waals surface area contributed by atoms with Crippen molar-refractivity contribution in [2.45, 2.75) is 45.2 Å². The van der Waals surface area contributed by atoms with Crippen LogP contribution < -0.4 is 9.44 Å². The zero-order chi connectivity index (χ0) is 15.3. The SMILES string of the molecule is COC(=O)CCC(NS(=O)(=O)NC(C)(C)C)C(=O)O. The maximum atomic E-state index is 11.7. The number of hydrogen-bond acceptors (Lipinski definition) is 5. The van der Waals surface area contributed by atoms with Crippen LogP contribution in [0.4, 0.5) is 0 Å². The van der Waals surface area contributed by atoms with Crippen molar-refractivity contribution in [1.82, 2.24) is 9.44 Å². The third-order valence-corrected chi connectivity index (χ3v) is 3.38. The molecule has 0 aliphatic heterocycles. The molecule has 3 N–H and O–H groups in total. The summed E-state index contributed by atoms with van der Waals surface area (Å²) in [5.74, 6) is -1.96. The van der Waals surface area contributed by atoms with Gasteiger partial charge in [0.1, 0.15) is 6.04 Å². The number of carbonyl (C=O) groups is 2. The highest BCUT2D eigenvalue weighted by atomic mass is 32.2. The Morgan fingerprint density at radius 1 is 1.32 bits per heavy atom. The van der Waals surface area contributed by atoms with Gasteiger partial charge in [-0.25, -0.2) is 0 Å². The van der Waals surface area contributed by atoms with Crippen molar-refractivity contribution in [3.05, 3.63) is 0 Å². The third-order valence-electron chi connectivity index (χ3n) is 1.90. The Bertz CT molecular complexity index is 426. The average molecular weight is 296 g/mol. The predicted molar refractivity (Wildman–Crippen MR) is 67.6 cm³/mol. The Balaban J connectivity index is 4.67. The van der Waals surface area contributed by atoms with Crippen LogP contribution in [0.3, 0.4) is 0 Å². The van der Waals surface area contributed by atoms with Gasteiger partial charge in [-0.05, 0) is 27.2 Å². The minimum atomic E-state index is -3.97. The maximum absolute atomic E-state index is 11.7. The van der Waals surface area contributed by atoms with Crippen LogP contribution in [0.2, 0.25) is 0 Å². The zero-order valence-electron chi connectivity index (χ0n) is 11.4. The van der Waals surface area contributed by atoms with Gasteiger partial charge in [-0.1, -0.05) is 0 Å². The van der Waals surface area contributed by atoms with Gasteiger partial charge in [0.25, 0.3) is 10.2 Å². The number of carboxylic acids is 1. The van der Waals surface area contributed by atoms with Crippen molar-refractivity contribution in [2.24, 2.45) is 0 Å². The van der Waals surface area contributed by atoms with Crippen LogP contribution in [-0.2, 0) is 24.5 Å². The van der Waals surface area contributed by atoms with E-state index in [1.165, 1.54) is 7.11 Å². The molecule has 0 aromatic heterocycles. The highest BCUT2D eigenvalue weighted by molar-refractivity contribution is 7.87. The fraction of sp³-hybridized carbons (Fsp3) is 0.800. The molecule has 1 atom stereocenters. The Labute approximate surface area is 112 Å². The summed E-state index contributed by atoms with van der Waals surface area (Å²) in [6, 6.07) is -1.39. The molecule has 0 aromatic carbocycles. The van der Waals surface area contributed by atoms with Crippen molar-refractivity contribution in [3.63, 3.8) is 0 Å². The highest BCUT2D eigenvalue weighted by Crippen LogP contribution is 2.04. The smallest absolute Gasteiger partial charge is 0.321 e. The first-order chi connectivity index (χ1) is 8.47. The van der Waals surface area contributed by atoms with E-state index >= 15 is 0 Å². The molecule has 0 fully saturated rings. The van der Waals surface area contributed by atoms with Crippen molar-refractivity contribution < 1.29 is 27.9 Å². The summed E-state index contributed by atoms with van der Waals surface area (Å²) in [5.41, 5.74) is -0.739. The van der Waals surface area contributed by atoms with Crippen LogP contribution in [0, 0.1) is 0 Å². The van der Waals surface area contributed by atoms with Crippen molar-refractivity contribution in [3.8, 4) is 0 Å². The predicted octanol–water partition coefficient (Wildman–Crippen LogP) is -0.385. The number of rotatable bonds is 7. The maximum Gasteiger partial charge on any atom is 0.321 e. The van der Waals surface area contributed by atoms with Crippen LogP contribution in [0.5, 0.6) is 0 Å². The number of hydrogen-bond donors (Lipinski definition) is 3. The van der Waals surface area contributed by atoms with E-state index in [4.69, 9.17) is 5.11 Å². The van der Waals surface area contributed by atoms with Gasteiger partial charge in [0.15, 0.2) is 0 Å². The van der Waals surface area contributed by atoms with E-state index in [9.17, 15) is 18.0 Å². The molecule has 8 nitrogen and oxygen atoms in total. The number of carboxylic acid groups (broad SMARTS) is 1. The first kappa shape index (κ1) is 17.8. The van der Waals surface area contributed by atoms with E-state index in [1.807, 2.05) is 4.72 Å². The first-order valence-corrected chi connectivity index (χ1v) is 7.06. The molecule has 1 unspecified atom stereocenters. The van der Waals surface area contributed by atoms with Gasteiger partial charge in [0.05, 0.1) is 7.11 Å². The summed E-state index contributed by atoms with van der Waals surface area (Å²) in [6.07, 6.45) is -0.376. The molecule has 0 amide bonds. The van der Waals surface area contributed by atoms with E-state index < -0.39 is 33.7 Å². The van der Waals surface area contributed by atoms with E-state index in [0.717, 1.165) is 0 Å². The molecule has 0 bridgehead atoms. The first-order valence-electron chi connectivity index (χ1n) is 5.57. The number of nitrogens with one attached hydrogen (secondary N) is 2. The fourth-order valence-corrected chi connectivity index (χ4v) is 2.68. The van der Waals surface area contributed by atoms with E-state index in [-0.39, 0.29) is 12.8 Å².